The topological polar surface area (TPSA) is 97.0 Å². The molecule has 2 aliphatic heterocycles. The minimum atomic E-state index is -0.579. The van der Waals surface area contributed by atoms with Crippen LogP contribution < -0.4 is 10.6 Å². The number of likely N-dealkylation sites (tertiary alicyclic amines) is 1. The molecule has 1 aromatic carbocycles. The molecule has 0 bridgehead atoms. The largest absolute Gasteiger partial charge is 0.466 e. The summed E-state index contributed by atoms with van der Waals surface area (Å²) in [6.07, 6.45) is 1.38. The summed E-state index contributed by atoms with van der Waals surface area (Å²) >= 11 is 0. The third-order valence-electron chi connectivity index (χ3n) is 5.28. The lowest BCUT2D eigenvalue weighted by molar-refractivity contribution is -0.149. The Hall–Kier alpha value is -2.87. The average Bonchev–Trinajstić information content (AvgIpc) is 2.74. The van der Waals surface area contributed by atoms with E-state index in [9.17, 15) is 14.4 Å². The Morgan fingerprint density at radius 3 is 2.48 bits per heavy atom. The molecule has 0 aliphatic carbocycles. The van der Waals surface area contributed by atoms with Gasteiger partial charge in [-0.25, -0.2) is 9.59 Å². The van der Waals surface area contributed by atoms with E-state index >= 15 is 0 Å². The molecular weight excluding hydrogens is 374 g/mol. The molecule has 2 amide bonds. The van der Waals surface area contributed by atoms with E-state index in [-0.39, 0.29) is 17.9 Å². The maximum atomic E-state index is 12.6. The zero-order chi connectivity index (χ0) is 20.8. The van der Waals surface area contributed by atoms with Gasteiger partial charge in [0, 0.05) is 12.2 Å². The Kier molecular flexibility index (Phi) is 6.87. The lowest BCUT2D eigenvalue weighted by Gasteiger charge is -2.34. The van der Waals surface area contributed by atoms with Crippen LogP contribution in [-0.2, 0) is 19.1 Å². The van der Waals surface area contributed by atoms with E-state index in [0.717, 1.165) is 5.56 Å². The molecule has 1 saturated heterocycles. The number of urea groups is 1. The van der Waals surface area contributed by atoms with Crippen LogP contribution in [0.4, 0.5) is 4.79 Å². The molecule has 0 radical (unpaired) electrons. The van der Waals surface area contributed by atoms with Crippen LogP contribution in [-0.4, -0.2) is 56.2 Å². The first-order valence-electron chi connectivity index (χ1n) is 9.86. The van der Waals surface area contributed by atoms with Crippen molar-refractivity contribution in [2.24, 2.45) is 5.92 Å². The maximum Gasteiger partial charge on any atom is 0.338 e. The number of nitrogens with zero attached hydrogens (tertiary/aromatic N) is 1. The summed E-state index contributed by atoms with van der Waals surface area (Å²) in [4.78, 5) is 38.9. The van der Waals surface area contributed by atoms with Crippen LogP contribution in [0.3, 0.4) is 0 Å². The standard InChI is InChI=1S/C21H27N3O5/c1-3-29-19(25)15-9-11-24(12-10-15)13-16-17(20(26)28-2)18(23-21(27)22-16)14-7-5-4-6-8-14/h4-8,15,18H,3,9-13H2,1-2H3,(H2,22,23,27). The van der Waals surface area contributed by atoms with E-state index in [1.54, 1.807) is 6.92 Å². The van der Waals surface area contributed by atoms with Crippen LogP contribution >= 0.6 is 0 Å². The highest BCUT2D eigenvalue weighted by atomic mass is 16.5. The SMILES string of the molecule is CCOC(=O)C1CCN(CC2=C(C(=O)OC)C(c3ccccc3)NC(=O)N2)CC1. The van der Waals surface area contributed by atoms with Gasteiger partial charge >= 0.3 is 18.0 Å². The van der Waals surface area contributed by atoms with Crippen molar-refractivity contribution in [3.63, 3.8) is 0 Å². The lowest BCUT2D eigenvalue weighted by atomic mass is 9.93. The lowest BCUT2D eigenvalue weighted by Crippen LogP contribution is -2.49. The minimum absolute atomic E-state index is 0.0973. The first-order valence-corrected chi connectivity index (χ1v) is 9.86. The molecule has 1 fully saturated rings. The van der Waals surface area contributed by atoms with Gasteiger partial charge in [0.15, 0.2) is 0 Å². The van der Waals surface area contributed by atoms with Crippen LogP contribution in [0.25, 0.3) is 0 Å². The fraction of sp³-hybridized carbons (Fsp3) is 0.476. The zero-order valence-electron chi connectivity index (χ0n) is 16.8. The van der Waals surface area contributed by atoms with Gasteiger partial charge < -0.3 is 20.1 Å². The first kappa shape index (κ1) is 20.9. The van der Waals surface area contributed by atoms with E-state index < -0.39 is 12.0 Å². The fourth-order valence-electron chi connectivity index (χ4n) is 3.80. The summed E-state index contributed by atoms with van der Waals surface area (Å²) in [5.41, 5.74) is 1.73. The highest BCUT2D eigenvalue weighted by Gasteiger charge is 2.35. The van der Waals surface area contributed by atoms with Gasteiger partial charge in [-0.2, -0.15) is 0 Å². The second-order valence-corrected chi connectivity index (χ2v) is 7.13. The summed E-state index contributed by atoms with van der Waals surface area (Å²) in [5, 5.41) is 5.59. The van der Waals surface area contributed by atoms with Crippen LogP contribution in [0.2, 0.25) is 0 Å². The quantitative estimate of drug-likeness (QED) is 0.705. The van der Waals surface area contributed by atoms with Crippen molar-refractivity contribution in [1.82, 2.24) is 15.5 Å². The van der Waals surface area contributed by atoms with Crippen LogP contribution in [0.15, 0.2) is 41.6 Å². The maximum absolute atomic E-state index is 12.6. The third-order valence-corrected chi connectivity index (χ3v) is 5.28. The van der Waals surface area contributed by atoms with E-state index in [2.05, 4.69) is 15.5 Å². The molecule has 8 nitrogen and oxygen atoms in total. The van der Waals surface area contributed by atoms with Gasteiger partial charge in [0.2, 0.25) is 0 Å². The Morgan fingerprint density at radius 1 is 1.17 bits per heavy atom. The number of hydrogen-bond donors (Lipinski definition) is 2. The summed E-state index contributed by atoms with van der Waals surface area (Å²) in [6.45, 7) is 3.95. The van der Waals surface area contributed by atoms with Gasteiger partial charge in [0.05, 0.1) is 31.2 Å². The summed E-state index contributed by atoms with van der Waals surface area (Å²) in [5.74, 6) is -0.733. The molecule has 3 rings (SSSR count). The van der Waals surface area contributed by atoms with Gasteiger partial charge in [-0.15, -0.1) is 0 Å². The van der Waals surface area contributed by atoms with Gasteiger partial charge in [-0.05, 0) is 38.4 Å². The van der Waals surface area contributed by atoms with Gasteiger partial charge in [-0.3, -0.25) is 9.69 Å². The van der Waals surface area contributed by atoms with Crippen molar-refractivity contribution in [3.05, 3.63) is 47.2 Å². The predicted molar refractivity (Wildman–Crippen MR) is 106 cm³/mol. The highest BCUT2D eigenvalue weighted by molar-refractivity contribution is 5.95. The van der Waals surface area contributed by atoms with E-state index in [1.165, 1.54) is 7.11 Å². The molecule has 0 spiro atoms. The molecule has 2 N–H and O–H groups in total. The number of amides is 2. The first-order chi connectivity index (χ1) is 14.0. The number of ether oxygens (including phenoxy) is 2. The van der Waals surface area contributed by atoms with E-state index in [0.29, 0.717) is 50.4 Å². The summed E-state index contributed by atoms with van der Waals surface area (Å²) in [7, 11) is 1.33. The van der Waals surface area contributed by atoms with Gasteiger partial charge in [0.25, 0.3) is 0 Å². The smallest absolute Gasteiger partial charge is 0.338 e. The fourth-order valence-corrected chi connectivity index (χ4v) is 3.80. The van der Waals surface area contributed by atoms with Crippen LogP contribution in [0.5, 0.6) is 0 Å². The molecule has 156 valence electrons. The van der Waals surface area contributed by atoms with Crippen molar-refractivity contribution in [1.29, 1.82) is 0 Å². The number of nitrogens with one attached hydrogen (secondary N) is 2. The number of esters is 2. The van der Waals surface area contributed by atoms with Crippen LogP contribution in [0.1, 0.15) is 31.4 Å². The molecule has 8 heteroatoms. The molecule has 0 aromatic heterocycles. The Bertz CT molecular complexity index is 785. The third kappa shape index (κ3) is 4.95. The number of methoxy groups -OCH3 is 1. The van der Waals surface area contributed by atoms with Gasteiger partial charge in [0.1, 0.15) is 0 Å². The van der Waals surface area contributed by atoms with Crippen molar-refractivity contribution in [2.45, 2.75) is 25.8 Å². The van der Waals surface area contributed by atoms with Crippen molar-refractivity contribution < 1.29 is 23.9 Å². The molecule has 1 unspecified atom stereocenters. The molecule has 0 saturated carbocycles. The molecule has 1 atom stereocenters. The summed E-state index contributed by atoms with van der Waals surface area (Å²) in [6, 6.07) is 8.38. The number of benzene rings is 1. The second kappa shape index (κ2) is 9.56. The van der Waals surface area contributed by atoms with Crippen molar-refractivity contribution in [3.8, 4) is 0 Å². The molecule has 29 heavy (non-hydrogen) atoms. The monoisotopic (exact) mass is 401 g/mol. The summed E-state index contributed by atoms with van der Waals surface area (Å²) < 4.78 is 10.1. The number of carbonyl (C=O) groups excluding carboxylic acids is 3. The van der Waals surface area contributed by atoms with Crippen molar-refractivity contribution in [2.75, 3.05) is 33.4 Å². The highest BCUT2D eigenvalue weighted by Crippen LogP contribution is 2.28. The van der Waals surface area contributed by atoms with Crippen molar-refractivity contribution >= 4 is 18.0 Å². The van der Waals surface area contributed by atoms with Crippen LogP contribution in [0, 0.1) is 5.92 Å². The molecule has 2 heterocycles. The average molecular weight is 401 g/mol. The number of rotatable bonds is 6. The predicted octanol–water partition coefficient (Wildman–Crippen LogP) is 1.74. The normalized spacial score (nSPS) is 20.6. The molecule has 1 aromatic rings. The number of carbonyl (C=O) groups is 3. The van der Waals surface area contributed by atoms with E-state index in [4.69, 9.17) is 9.47 Å². The zero-order valence-corrected chi connectivity index (χ0v) is 16.8. The number of hydrogen-bond acceptors (Lipinski definition) is 6. The molecule has 2 aliphatic rings. The number of piperidine rings is 1. The Morgan fingerprint density at radius 2 is 1.86 bits per heavy atom. The molecular formula is C21H27N3O5. The Balaban J connectivity index is 1.79. The Labute approximate surface area is 170 Å². The van der Waals surface area contributed by atoms with Gasteiger partial charge in [-0.1, -0.05) is 30.3 Å². The van der Waals surface area contributed by atoms with E-state index in [1.807, 2.05) is 30.3 Å². The minimum Gasteiger partial charge on any atom is -0.466 e. The second-order valence-electron chi connectivity index (χ2n) is 7.13.